The molecule has 4 heteroatoms. The molecule has 0 heterocycles. The third kappa shape index (κ3) is 5.66. The van der Waals surface area contributed by atoms with Crippen LogP contribution in [0.1, 0.15) is 22.3 Å². The number of carbonyl (C=O) groups is 1. The van der Waals surface area contributed by atoms with Crippen molar-refractivity contribution >= 4 is 6.03 Å². The molecule has 2 rings (SSSR count). The Balaban J connectivity index is 1.66. The Morgan fingerprint density at radius 3 is 2.52 bits per heavy atom. The first-order valence-electron chi connectivity index (χ1n) is 7.82. The van der Waals surface area contributed by atoms with Gasteiger partial charge in [0.1, 0.15) is 12.4 Å². The minimum atomic E-state index is -0.185. The van der Waals surface area contributed by atoms with Crippen LogP contribution >= 0.6 is 0 Å². The van der Waals surface area contributed by atoms with Crippen molar-refractivity contribution in [2.24, 2.45) is 0 Å². The van der Waals surface area contributed by atoms with Gasteiger partial charge in [0.25, 0.3) is 0 Å². The van der Waals surface area contributed by atoms with E-state index < -0.39 is 0 Å². The number of aryl methyl sites for hydroxylation is 3. The van der Waals surface area contributed by atoms with E-state index in [1.807, 2.05) is 44.2 Å². The molecular formula is C19H24N2O2. The Labute approximate surface area is 137 Å². The number of carbonyl (C=O) groups excluding carboxylic acids is 1. The number of amides is 2. The number of nitrogens with one attached hydrogen (secondary N) is 2. The molecule has 2 N–H and O–H groups in total. The molecule has 0 radical (unpaired) electrons. The molecule has 2 aromatic rings. The molecule has 0 spiro atoms. The van der Waals surface area contributed by atoms with E-state index in [0.29, 0.717) is 19.7 Å². The molecule has 0 saturated heterocycles. The summed E-state index contributed by atoms with van der Waals surface area (Å²) in [5, 5.41) is 5.63. The zero-order valence-corrected chi connectivity index (χ0v) is 14.0. The molecule has 0 saturated carbocycles. The number of hydrogen-bond acceptors (Lipinski definition) is 2. The molecule has 4 nitrogen and oxygen atoms in total. The van der Waals surface area contributed by atoms with Gasteiger partial charge in [0, 0.05) is 6.54 Å². The molecule has 122 valence electrons. The van der Waals surface area contributed by atoms with E-state index in [-0.39, 0.29) is 6.03 Å². The second-order valence-electron chi connectivity index (χ2n) is 5.72. The Morgan fingerprint density at radius 2 is 1.78 bits per heavy atom. The lowest BCUT2D eigenvalue weighted by molar-refractivity contribution is 0.236. The second-order valence-corrected chi connectivity index (χ2v) is 5.72. The van der Waals surface area contributed by atoms with Crippen molar-refractivity contribution in [2.75, 3.05) is 13.2 Å². The fraction of sp³-hybridized carbons (Fsp3) is 0.316. The number of benzene rings is 2. The van der Waals surface area contributed by atoms with Crippen LogP contribution in [0.25, 0.3) is 0 Å². The largest absolute Gasteiger partial charge is 0.491 e. The summed E-state index contributed by atoms with van der Waals surface area (Å²) in [4.78, 5) is 11.7. The van der Waals surface area contributed by atoms with Gasteiger partial charge in [-0.05, 0) is 38.0 Å². The van der Waals surface area contributed by atoms with E-state index in [0.717, 1.165) is 16.9 Å². The van der Waals surface area contributed by atoms with Crippen LogP contribution in [0.2, 0.25) is 0 Å². The Kier molecular flexibility index (Phi) is 6.03. The van der Waals surface area contributed by atoms with Crippen LogP contribution < -0.4 is 15.4 Å². The van der Waals surface area contributed by atoms with Crippen LogP contribution in [0.3, 0.4) is 0 Å². The van der Waals surface area contributed by atoms with Gasteiger partial charge in [-0.15, -0.1) is 0 Å². The molecule has 23 heavy (non-hydrogen) atoms. The van der Waals surface area contributed by atoms with Crippen LogP contribution in [0.4, 0.5) is 4.79 Å². The summed E-state index contributed by atoms with van der Waals surface area (Å²) in [5.41, 5.74) is 4.59. The summed E-state index contributed by atoms with van der Waals surface area (Å²) < 4.78 is 5.68. The van der Waals surface area contributed by atoms with Crippen molar-refractivity contribution in [1.29, 1.82) is 0 Å². The first kappa shape index (κ1) is 16.9. The van der Waals surface area contributed by atoms with Crippen molar-refractivity contribution in [3.05, 3.63) is 64.7 Å². The normalized spacial score (nSPS) is 10.2. The smallest absolute Gasteiger partial charge is 0.315 e. The monoisotopic (exact) mass is 312 g/mol. The third-order valence-corrected chi connectivity index (χ3v) is 3.51. The van der Waals surface area contributed by atoms with E-state index >= 15 is 0 Å². The predicted octanol–water partition coefficient (Wildman–Crippen LogP) is 3.49. The molecule has 0 atom stereocenters. The lowest BCUT2D eigenvalue weighted by Crippen LogP contribution is -2.37. The van der Waals surface area contributed by atoms with Crippen LogP contribution in [-0.2, 0) is 6.54 Å². The summed E-state index contributed by atoms with van der Waals surface area (Å²) >= 11 is 0. The molecule has 2 amide bonds. The van der Waals surface area contributed by atoms with Crippen molar-refractivity contribution in [1.82, 2.24) is 10.6 Å². The fourth-order valence-corrected chi connectivity index (χ4v) is 2.35. The summed E-state index contributed by atoms with van der Waals surface area (Å²) in [6, 6.07) is 14.0. The number of ether oxygens (including phenoxy) is 1. The molecule has 0 fully saturated rings. The summed E-state index contributed by atoms with van der Waals surface area (Å²) in [6.45, 7) is 7.54. The van der Waals surface area contributed by atoms with Crippen LogP contribution in [0.5, 0.6) is 5.75 Å². The summed E-state index contributed by atoms with van der Waals surface area (Å²) in [5.74, 6) is 0.859. The minimum Gasteiger partial charge on any atom is -0.491 e. The Bertz CT molecular complexity index is 668. The highest BCUT2D eigenvalue weighted by atomic mass is 16.5. The predicted molar refractivity (Wildman–Crippen MR) is 92.8 cm³/mol. The number of rotatable bonds is 6. The van der Waals surface area contributed by atoms with Gasteiger partial charge in [-0.2, -0.15) is 0 Å². The number of urea groups is 1. The average molecular weight is 312 g/mol. The first-order valence-corrected chi connectivity index (χ1v) is 7.82. The molecule has 0 aliphatic rings. The van der Waals surface area contributed by atoms with E-state index in [9.17, 15) is 4.79 Å². The van der Waals surface area contributed by atoms with Crippen LogP contribution in [0.15, 0.2) is 42.5 Å². The van der Waals surface area contributed by atoms with E-state index in [1.54, 1.807) is 0 Å². The van der Waals surface area contributed by atoms with Gasteiger partial charge in [0.05, 0.1) is 6.54 Å². The van der Waals surface area contributed by atoms with Gasteiger partial charge in [-0.1, -0.05) is 47.5 Å². The average Bonchev–Trinajstić information content (AvgIpc) is 2.51. The van der Waals surface area contributed by atoms with Gasteiger partial charge in [-0.3, -0.25) is 0 Å². The molecular weight excluding hydrogens is 288 g/mol. The van der Waals surface area contributed by atoms with E-state index in [4.69, 9.17) is 4.74 Å². The van der Waals surface area contributed by atoms with Gasteiger partial charge in [0.15, 0.2) is 0 Å². The molecule has 0 aliphatic heterocycles. The summed E-state index contributed by atoms with van der Waals surface area (Å²) in [7, 11) is 0. The number of hydrogen-bond donors (Lipinski definition) is 2. The topological polar surface area (TPSA) is 50.4 Å². The lowest BCUT2D eigenvalue weighted by Gasteiger charge is -2.11. The van der Waals surface area contributed by atoms with Crippen LogP contribution in [0, 0.1) is 20.8 Å². The maximum atomic E-state index is 11.7. The van der Waals surface area contributed by atoms with Crippen molar-refractivity contribution in [3.63, 3.8) is 0 Å². The molecule has 0 aromatic heterocycles. The SMILES string of the molecule is Cc1cccc(CNC(=O)NCCOc2ccc(C)cc2C)c1. The van der Waals surface area contributed by atoms with Gasteiger partial charge < -0.3 is 15.4 Å². The lowest BCUT2D eigenvalue weighted by atomic mass is 10.1. The molecule has 0 bridgehead atoms. The zero-order chi connectivity index (χ0) is 16.7. The molecule has 2 aromatic carbocycles. The highest BCUT2D eigenvalue weighted by Gasteiger charge is 2.02. The molecule has 0 unspecified atom stereocenters. The highest BCUT2D eigenvalue weighted by Crippen LogP contribution is 2.18. The van der Waals surface area contributed by atoms with Crippen LogP contribution in [-0.4, -0.2) is 19.2 Å². The quantitative estimate of drug-likeness (QED) is 0.802. The maximum Gasteiger partial charge on any atom is 0.315 e. The highest BCUT2D eigenvalue weighted by molar-refractivity contribution is 5.73. The standard InChI is InChI=1S/C19H24N2O2/c1-14-5-4-6-17(12-14)13-21-19(22)20-9-10-23-18-8-7-15(2)11-16(18)3/h4-8,11-12H,9-10,13H2,1-3H3,(H2,20,21,22). The van der Waals surface area contributed by atoms with E-state index in [1.165, 1.54) is 11.1 Å². The zero-order valence-electron chi connectivity index (χ0n) is 14.0. The molecule has 0 aliphatic carbocycles. The maximum absolute atomic E-state index is 11.7. The van der Waals surface area contributed by atoms with Gasteiger partial charge in [0.2, 0.25) is 0 Å². The first-order chi connectivity index (χ1) is 11.0. The van der Waals surface area contributed by atoms with Crippen molar-refractivity contribution < 1.29 is 9.53 Å². The Hall–Kier alpha value is -2.49. The van der Waals surface area contributed by atoms with Crippen molar-refractivity contribution in [2.45, 2.75) is 27.3 Å². The second kappa shape index (κ2) is 8.22. The van der Waals surface area contributed by atoms with Crippen molar-refractivity contribution in [3.8, 4) is 5.75 Å². The fourth-order valence-electron chi connectivity index (χ4n) is 2.35. The van der Waals surface area contributed by atoms with Gasteiger partial charge >= 0.3 is 6.03 Å². The Morgan fingerprint density at radius 1 is 1.00 bits per heavy atom. The summed E-state index contributed by atoms with van der Waals surface area (Å²) in [6.07, 6.45) is 0. The van der Waals surface area contributed by atoms with E-state index in [2.05, 4.69) is 29.7 Å². The third-order valence-electron chi connectivity index (χ3n) is 3.51. The minimum absolute atomic E-state index is 0.185. The van der Waals surface area contributed by atoms with Gasteiger partial charge in [-0.25, -0.2) is 4.79 Å².